The SMILES string of the molecule is CC=C[C@](O)(C(=O)c1ccccc1)[C@H]1O[C@@H](n2c(Br)c(C#N)c3c(N)ncnc32)[C@@](O)(C(=O)c2ccccc2)[C@@]1(O)C(=O)c1ccccc1. The van der Waals surface area contributed by atoms with E-state index in [9.17, 15) is 35.0 Å². The van der Waals surface area contributed by atoms with E-state index >= 15 is 0 Å². The second-order valence-electron chi connectivity index (χ2n) is 11.4. The molecule has 5 aromatic rings. The molecule has 3 heterocycles. The van der Waals surface area contributed by atoms with Gasteiger partial charge in [0.25, 0.3) is 0 Å². The molecular weight excluding hydrogens is 694 g/mol. The van der Waals surface area contributed by atoms with Crippen LogP contribution in [0.2, 0.25) is 0 Å². The third kappa shape index (κ3) is 4.92. The summed E-state index contributed by atoms with van der Waals surface area (Å²) >= 11 is 3.35. The average molecular weight is 723 g/mol. The highest BCUT2D eigenvalue weighted by atomic mass is 79.9. The Hall–Kier alpha value is -5.36. The smallest absolute Gasteiger partial charge is 0.212 e. The first-order valence-electron chi connectivity index (χ1n) is 14.9. The number of nitrogen functional groups attached to an aromatic ring is 1. The molecule has 3 aromatic carbocycles. The van der Waals surface area contributed by atoms with Gasteiger partial charge in [-0.05, 0) is 28.9 Å². The summed E-state index contributed by atoms with van der Waals surface area (Å²) in [6, 6.07) is 24.2. The van der Waals surface area contributed by atoms with Crippen molar-refractivity contribution in [3.8, 4) is 6.07 Å². The first-order valence-corrected chi connectivity index (χ1v) is 15.7. The van der Waals surface area contributed by atoms with Gasteiger partial charge in [0.1, 0.15) is 34.6 Å². The van der Waals surface area contributed by atoms with Gasteiger partial charge in [-0.3, -0.25) is 19.0 Å². The standard InChI is InChI=1S/C36H28BrN5O7/c1-2-18-34(46,26(43)21-12-6-3-7-13-21)32-35(47,27(44)22-14-8-4-9-15-22)36(48,28(45)23-16-10-5-11-17-23)33(49-32)42-29(37)24(19-38)25-30(39)40-20-41-31(25)42/h2-18,20,32-33,46-48H,1H3,(H2,39,40,41)/t32-,33-,34+,35-,36+/m1/s1. The van der Waals surface area contributed by atoms with E-state index < -0.39 is 46.5 Å². The van der Waals surface area contributed by atoms with Gasteiger partial charge < -0.3 is 25.8 Å². The fraction of sp³-hybridized carbons (Fsp3) is 0.167. The maximum absolute atomic E-state index is 14.8. The second kappa shape index (κ2) is 12.6. The van der Waals surface area contributed by atoms with Crippen LogP contribution in [0, 0.1) is 11.3 Å². The molecule has 6 rings (SSSR count). The van der Waals surface area contributed by atoms with Gasteiger partial charge in [-0.1, -0.05) is 97.1 Å². The number of anilines is 1. The van der Waals surface area contributed by atoms with Gasteiger partial charge in [-0.15, -0.1) is 0 Å². The monoisotopic (exact) mass is 721 g/mol. The lowest BCUT2D eigenvalue weighted by Gasteiger charge is -2.42. The number of carbonyl (C=O) groups excluding carboxylic acids is 3. The molecule has 0 bridgehead atoms. The van der Waals surface area contributed by atoms with Crippen molar-refractivity contribution in [1.29, 1.82) is 5.26 Å². The average Bonchev–Trinajstić information content (AvgIpc) is 3.56. The molecule has 2 aromatic heterocycles. The number of halogens is 1. The Kier molecular flexibility index (Phi) is 8.62. The number of nitrogens with zero attached hydrogens (tertiary/aromatic N) is 4. The third-order valence-electron chi connectivity index (χ3n) is 8.67. The van der Waals surface area contributed by atoms with E-state index in [1.165, 1.54) is 73.7 Å². The molecule has 0 saturated carbocycles. The largest absolute Gasteiger partial charge is 0.383 e. The number of Topliss-reactive ketones (excluding diaryl/α,β-unsaturated/α-hetero) is 3. The van der Waals surface area contributed by atoms with Crippen LogP contribution in [-0.2, 0) is 4.74 Å². The quantitative estimate of drug-likeness (QED) is 0.127. The summed E-state index contributed by atoms with van der Waals surface area (Å²) in [6.07, 6.45) is -1.07. The zero-order chi connectivity index (χ0) is 35.1. The number of ether oxygens (including phenoxy) is 1. The molecule has 13 heteroatoms. The van der Waals surface area contributed by atoms with Gasteiger partial charge >= 0.3 is 0 Å². The van der Waals surface area contributed by atoms with Crippen LogP contribution in [-0.4, -0.2) is 70.1 Å². The number of ketones is 3. The molecule has 0 aliphatic carbocycles. The van der Waals surface area contributed by atoms with Crippen molar-refractivity contribution >= 4 is 50.1 Å². The summed E-state index contributed by atoms with van der Waals surface area (Å²) in [5.41, 5.74) is -4.04. The molecule has 246 valence electrons. The molecule has 1 aliphatic rings. The highest BCUT2D eigenvalue weighted by Crippen LogP contribution is 2.54. The lowest BCUT2D eigenvalue weighted by Crippen LogP contribution is -2.71. The lowest BCUT2D eigenvalue weighted by molar-refractivity contribution is -0.122. The van der Waals surface area contributed by atoms with Crippen LogP contribution >= 0.6 is 15.9 Å². The number of aliphatic hydroxyl groups is 3. The predicted molar refractivity (Wildman–Crippen MR) is 180 cm³/mol. The molecule has 5 N–H and O–H groups in total. The van der Waals surface area contributed by atoms with E-state index in [0.717, 1.165) is 17.0 Å². The van der Waals surface area contributed by atoms with Crippen molar-refractivity contribution in [2.75, 3.05) is 5.73 Å². The normalized spacial score (nSPS) is 23.3. The van der Waals surface area contributed by atoms with Crippen molar-refractivity contribution in [2.24, 2.45) is 0 Å². The van der Waals surface area contributed by atoms with Gasteiger partial charge in [0.15, 0.2) is 17.4 Å². The van der Waals surface area contributed by atoms with E-state index in [1.807, 2.05) is 6.07 Å². The van der Waals surface area contributed by atoms with E-state index in [0.29, 0.717) is 0 Å². The number of nitrogens with two attached hydrogens (primary N) is 1. The summed E-state index contributed by atoms with van der Waals surface area (Å²) in [5, 5.41) is 48.8. The van der Waals surface area contributed by atoms with Gasteiger partial charge in [-0.2, -0.15) is 5.26 Å². The first-order chi connectivity index (χ1) is 23.5. The van der Waals surface area contributed by atoms with Crippen LogP contribution in [0.25, 0.3) is 11.0 Å². The molecule has 0 amide bonds. The minimum atomic E-state index is -3.40. The summed E-state index contributed by atoms with van der Waals surface area (Å²) in [6.45, 7) is 1.49. The number of rotatable bonds is 9. The second-order valence-corrected chi connectivity index (χ2v) is 12.2. The summed E-state index contributed by atoms with van der Waals surface area (Å²) in [7, 11) is 0. The Morgan fingerprint density at radius 2 is 1.43 bits per heavy atom. The Morgan fingerprint density at radius 3 is 1.94 bits per heavy atom. The molecule has 1 fully saturated rings. The first kappa shape index (κ1) is 33.5. The lowest BCUT2D eigenvalue weighted by atomic mass is 9.66. The zero-order valence-corrected chi connectivity index (χ0v) is 27.4. The summed E-state index contributed by atoms with van der Waals surface area (Å²) in [5.74, 6) is -3.57. The Labute approximate surface area is 287 Å². The summed E-state index contributed by atoms with van der Waals surface area (Å²) in [4.78, 5) is 52.1. The van der Waals surface area contributed by atoms with Gasteiger partial charge in [0.05, 0.1) is 10.9 Å². The molecule has 1 saturated heterocycles. The van der Waals surface area contributed by atoms with Crippen molar-refractivity contribution < 1.29 is 34.4 Å². The molecule has 0 spiro atoms. The van der Waals surface area contributed by atoms with Crippen molar-refractivity contribution in [3.05, 3.63) is 136 Å². The number of carbonyl (C=O) groups is 3. The minimum Gasteiger partial charge on any atom is -0.383 e. The highest BCUT2D eigenvalue weighted by molar-refractivity contribution is 9.10. The highest BCUT2D eigenvalue weighted by Gasteiger charge is 2.78. The van der Waals surface area contributed by atoms with Gasteiger partial charge in [-0.25, -0.2) is 9.97 Å². The maximum atomic E-state index is 14.8. The minimum absolute atomic E-state index is 0.0143. The van der Waals surface area contributed by atoms with Crippen molar-refractivity contribution in [1.82, 2.24) is 14.5 Å². The van der Waals surface area contributed by atoms with Crippen molar-refractivity contribution in [2.45, 2.75) is 36.1 Å². The van der Waals surface area contributed by atoms with Gasteiger partial charge in [0, 0.05) is 16.7 Å². The molecule has 49 heavy (non-hydrogen) atoms. The number of aromatic nitrogens is 3. The number of hydrogen-bond acceptors (Lipinski definition) is 11. The topological polar surface area (TPSA) is 202 Å². The van der Waals surface area contributed by atoms with E-state index in [-0.39, 0.29) is 43.7 Å². The zero-order valence-electron chi connectivity index (χ0n) is 25.8. The Bertz CT molecular complexity index is 2170. The Morgan fingerprint density at radius 1 is 0.918 bits per heavy atom. The van der Waals surface area contributed by atoms with Crippen LogP contribution < -0.4 is 5.73 Å². The number of fused-ring (bicyclic) bond motifs is 1. The number of hydrogen-bond donors (Lipinski definition) is 4. The maximum Gasteiger partial charge on any atom is 0.212 e. The van der Waals surface area contributed by atoms with Crippen LogP contribution in [0.4, 0.5) is 5.82 Å². The number of nitriles is 1. The fourth-order valence-corrected chi connectivity index (χ4v) is 7.02. The fourth-order valence-electron chi connectivity index (χ4n) is 6.38. The van der Waals surface area contributed by atoms with Crippen LogP contribution in [0.15, 0.2) is 114 Å². The number of allylic oxidation sites excluding steroid dienone is 1. The molecule has 0 unspecified atom stereocenters. The molecular formula is C36H28BrN5O7. The molecule has 1 aliphatic heterocycles. The van der Waals surface area contributed by atoms with E-state index in [4.69, 9.17) is 10.5 Å². The van der Waals surface area contributed by atoms with Crippen LogP contribution in [0.1, 0.15) is 49.8 Å². The van der Waals surface area contributed by atoms with Crippen LogP contribution in [0.5, 0.6) is 0 Å². The third-order valence-corrected chi connectivity index (χ3v) is 9.44. The molecule has 0 radical (unpaired) electrons. The Balaban J connectivity index is 1.74. The summed E-state index contributed by atoms with van der Waals surface area (Å²) < 4.78 is 7.33. The molecule has 5 atom stereocenters. The van der Waals surface area contributed by atoms with E-state index in [2.05, 4.69) is 25.9 Å². The van der Waals surface area contributed by atoms with Gasteiger partial charge in [0.2, 0.25) is 23.0 Å². The predicted octanol–water partition coefficient (Wildman–Crippen LogP) is 3.96. The molecule has 12 nitrogen and oxygen atoms in total. The van der Waals surface area contributed by atoms with E-state index in [1.54, 1.807) is 30.3 Å². The number of benzene rings is 3. The van der Waals surface area contributed by atoms with Crippen LogP contribution in [0.3, 0.4) is 0 Å². The van der Waals surface area contributed by atoms with Crippen molar-refractivity contribution in [3.63, 3.8) is 0 Å².